The van der Waals surface area contributed by atoms with Gasteiger partial charge in [-0.25, -0.2) is 9.97 Å². The van der Waals surface area contributed by atoms with Crippen LogP contribution in [0.1, 0.15) is 12.6 Å². The number of halogens is 3. The smallest absolute Gasteiger partial charge is 0.434 e. The van der Waals surface area contributed by atoms with Crippen molar-refractivity contribution in [2.24, 2.45) is 0 Å². The van der Waals surface area contributed by atoms with Crippen molar-refractivity contribution < 1.29 is 32.5 Å². The molecule has 30 heavy (non-hydrogen) atoms. The summed E-state index contributed by atoms with van der Waals surface area (Å²) in [5, 5.41) is 10.5. The molecule has 0 saturated carbocycles. The Balaban J connectivity index is 2.29. The molecule has 0 radical (unpaired) electrons. The van der Waals surface area contributed by atoms with Crippen LogP contribution in [0.5, 0.6) is 23.0 Å². The molecule has 1 N–H and O–H groups in total. The Morgan fingerprint density at radius 3 is 2.30 bits per heavy atom. The van der Waals surface area contributed by atoms with E-state index in [0.29, 0.717) is 18.1 Å². The minimum atomic E-state index is -4.75. The van der Waals surface area contributed by atoms with Crippen molar-refractivity contribution in [2.75, 3.05) is 20.8 Å². The average Bonchev–Trinajstić information content (AvgIpc) is 2.72. The van der Waals surface area contributed by atoms with E-state index in [0.717, 1.165) is 6.33 Å². The number of alkyl halides is 3. The van der Waals surface area contributed by atoms with Gasteiger partial charge in [0.15, 0.2) is 17.2 Å². The van der Waals surface area contributed by atoms with Crippen molar-refractivity contribution in [2.45, 2.75) is 13.1 Å². The molecule has 0 fully saturated rings. The quantitative estimate of drug-likeness (QED) is 0.608. The first-order valence-corrected chi connectivity index (χ1v) is 8.90. The first kappa shape index (κ1) is 21.2. The van der Waals surface area contributed by atoms with E-state index in [1.165, 1.54) is 44.6 Å². The summed E-state index contributed by atoms with van der Waals surface area (Å²) in [7, 11) is 2.81. The maximum atomic E-state index is 13.8. The molecule has 0 unspecified atom stereocenters. The van der Waals surface area contributed by atoms with Crippen molar-refractivity contribution in [3.63, 3.8) is 0 Å². The van der Waals surface area contributed by atoms with E-state index < -0.39 is 11.9 Å². The lowest BCUT2D eigenvalue weighted by Crippen LogP contribution is -2.12. The van der Waals surface area contributed by atoms with Crippen molar-refractivity contribution in [1.82, 2.24) is 9.97 Å². The van der Waals surface area contributed by atoms with Gasteiger partial charge in [0.2, 0.25) is 0 Å². The molecule has 0 spiro atoms. The van der Waals surface area contributed by atoms with E-state index >= 15 is 0 Å². The molecule has 0 aliphatic rings. The normalized spacial score (nSPS) is 11.3. The number of hydrogen-bond donors (Lipinski definition) is 1. The summed E-state index contributed by atoms with van der Waals surface area (Å²) in [5.74, 6) is 0.719. The molecule has 0 amide bonds. The van der Waals surface area contributed by atoms with Gasteiger partial charge < -0.3 is 19.3 Å². The zero-order valence-corrected chi connectivity index (χ0v) is 16.4. The van der Waals surface area contributed by atoms with Gasteiger partial charge in [0.05, 0.1) is 26.5 Å². The van der Waals surface area contributed by atoms with Crippen LogP contribution in [0.25, 0.3) is 22.4 Å². The van der Waals surface area contributed by atoms with Gasteiger partial charge in [-0.3, -0.25) is 0 Å². The number of aromatic hydroxyl groups is 1. The first-order chi connectivity index (χ1) is 14.3. The Hall–Kier alpha value is -3.49. The Morgan fingerprint density at radius 1 is 0.967 bits per heavy atom. The van der Waals surface area contributed by atoms with Crippen LogP contribution in [0.4, 0.5) is 13.2 Å². The minimum absolute atomic E-state index is 0.0786. The highest BCUT2D eigenvalue weighted by atomic mass is 19.4. The third kappa shape index (κ3) is 4.10. The van der Waals surface area contributed by atoms with Gasteiger partial charge >= 0.3 is 6.18 Å². The highest BCUT2D eigenvalue weighted by Gasteiger charge is 2.38. The fourth-order valence-corrected chi connectivity index (χ4v) is 3.04. The average molecular weight is 420 g/mol. The highest BCUT2D eigenvalue weighted by molar-refractivity contribution is 5.86. The topological polar surface area (TPSA) is 73.7 Å². The number of ether oxygens (including phenoxy) is 3. The minimum Gasteiger partial charge on any atom is -0.507 e. The van der Waals surface area contributed by atoms with E-state index in [-0.39, 0.29) is 33.9 Å². The molecule has 9 heteroatoms. The van der Waals surface area contributed by atoms with Gasteiger partial charge in [0, 0.05) is 17.2 Å². The molecule has 3 rings (SSSR count). The number of rotatable bonds is 6. The van der Waals surface area contributed by atoms with Gasteiger partial charge in [0.25, 0.3) is 0 Å². The van der Waals surface area contributed by atoms with Crippen LogP contribution < -0.4 is 14.2 Å². The maximum absolute atomic E-state index is 13.8. The molecule has 158 valence electrons. The van der Waals surface area contributed by atoms with Crippen LogP contribution in [0.15, 0.2) is 42.7 Å². The van der Waals surface area contributed by atoms with E-state index in [9.17, 15) is 18.3 Å². The fourth-order valence-electron chi connectivity index (χ4n) is 3.04. The number of benzene rings is 2. The fraction of sp³-hybridized carbons (Fsp3) is 0.238. The first-order valence-electron chi connectivity index (χ1n) is 8.90. The molecule has 0 aliphatic carbocycles. The summed E-state index contributed by atoms with van der Waals surface area (Å²) in [6.07, 6.45) is -3.93. The standard InChI is InChI=1S/C21H19F3N2O4/c1-4-30-13-6-7-14(15(27)10-13)19-18(20(21(22,23)24)26-11-25-19)12-5-8-16(28-2)17(9-12)29-3/h5-11,27H,4H2,1-3H3. The van der Waals surface area contributed by atoms with Gasteiger partial charge in [-0.1, -0.05) is 6.07 Å². The molecule has 1 aromatic heterocycles. The SMILES string of the molecule is CCOc1ccc(-c2ncnc(C(F)(F)F)c2-c2ccc(OC)c(OC)c2)c(O)c1. The molecule has 3 aromatic rings. The summed E-state index contributed by atoms with van der Waals surface area (Å²) in [6, 6.07) is 8.67. The second-order valence-corrected chi connectivity index (χ2v) is 6.13. The molecule has 6 nitrogen and oxygen atoms in total. The lowest BCUT2D eigenvalue weighted by Gasteiger charge is -2.17. The van der Waals surface area contributed by atoms with Crippen molar-refractivity contribution in [3.8, 4) is 45.4 Å². The zero-order chi connectivity index (χ0) is 21.9. The number of phenolic OH excluding ortho intramolecular Hbond substituents is 1. The maximum Gasteiger partial charge on any atom is 0.434 e. The predicted molar refractivity (Wildman–Crippen MR) is 104 cm³/mol. The number of nitrogens with zero attached hydrogens (tertiary/aromatic N) is 2. The van der Waals surface area contributed by atoms with Gasteiger partial charge in [-0.15, -0.1) is 0 Å². The van der Waals surface area contributed by atoms with Crippen LogP contribution in [0.2, 0.25) is 0 Å². The molecule has 0 aliphatic heterocycles. The molecular weight excluding hydrogens is 401 g/mol. The van der Waals surface area contributed by atoms with Crippen LogP contribution in [-0.2, 0) is 6.18 Å². The number of phenols is 1. The number of methoxy groups -OCH3 is 2. The monoisotopic (exact) mass is 420 g/mol. The molecular formula is C21H19F3N2O4. The Kier molecular flexibility index (Phi) is 6.00. The molecule has 0 atom stereocenters. The summed E-state index contributed by atoms with van der Waals surface area (Å²) in [6.45, 7) is 2.15. The lowest BCUT2D eigenvalue weighted by atomic mass is 9.96. The predicted octanol–water partition coefficient (Wildman–Crippen LogP) is 4.95. The number of aromatic nitrogens is 2. The second kappa shape index (κ2) is 8.48. The molecule has 1 heterocycles. The number of hydrogen-bond acceptors (Lipinski definition) is 6. The Labute approximate surface area is 170 Å². The Bertz CT molecular complexity index is 1050. The van der Waals surface area contributed by atoms with Crippen molar-refractivity contribution >= 4 is 0 Å². The third-order valence-electron chi connectivity index (χ3n) is 4.32. The molecule has 0 saturated heterocycles. The van der Waals surface area contributed by atoms with Gasteiger partial charge in [-0.05, 0) is 36.8 Å². The van der Waals surface area contributed by atoms with Crippen LogP contribution in [-0.4, -0.2) is 35.9 Å². The summed E-state index contributed by atoms with van der Waals surface area (Å²) < 4.78 is 57.1. The Morgan fingerprint density at radius 2 is 1.70 bits per heavy atom. The van der Waals surface area contributed by atoms with Crippen molar-refractivity contribution in [3.05, 3.63) is 48.4 Å². The summed E-state index contributed by atoms with van der Waals surface area (Å²) in [5.41, 5.74) is -1.23. The van der Waals surface area contributed by atoms with E-state index in [2.05, 4.69) is 9.97 Å². The summed E-state index contributed by atoms with van der Waals surface area (Å²) >= 11 is 0. The van der Waals surface area contributed by atoms with E-state index in [1.54, 1.807) is 13.0 Å². The van der Waals surface area contributed by atoms with Crippen LogP contribution in [0, 0.1) is 0 Å². The second-order valence-electron chi connectivity index (χ2n) is 6.13. The van der Waals surface area contributed by atoms with Gasteiger partial charge in [0.1, 0.15) is 17.8 Å². The molecule has 0 bridgehead atoms. The van der Waals surface area contributed by atoms with Crippen molar-refractivity contribution in [1.29, 1.82) is 0 Å². The zero-order valence-electron chi connectivity index (χ0n) is 16.4. The summed E-state index contributed by atoms with van der Waals surface area (Å²) in [4.78, 5) is 7.52. The van der Waals surface area contributed by atoms with Crippen LogP contribution >= 0.6 is 0 Å². The lowest BCUT2D eigenvalue weighted by molar-refractivity contribution is -0.140. The largest absolute Gasteiger partial charge is 0.507 e. The van der Waals surface area contributed by atoms with E-state index in [4.69, 9.17) is 14.2 Å². The third-order valence-corrected chi connectivity index (χ3v) is 4.32. The van der Waals surface area contributed by atoms with Gasteiger partial charge in [-0.2, -0.15) is 13.2 Å². The highest BCUT2D eigenvalue weighted by Crippen LogP contribution is 2.44. The van der Waals surface area contributed by atoms with E-state index in [1.807, 2.05) is 0 Å². The molecule has 2 aromatic carbocycles. The van der Waals surface area contributed by atoms with Crippen LogP contribution in [0.3, 0.4) is 0 Å².